The van der Waals surface area contributed by atoms with Gasteiger partial charge in [-0.15, -0.1) is 22.7 Å². The van der Waals surface area contributed by atoms with Gasteiger partial charge in [-0.1, -0.05) is 18.2 Å². The van der Waals surface area contributed by atoms with Gasteiger partial charge in [0.1, 0.15) is 10.8 Å². The number of carbonyl (C=O) groups is 1. The van der Waals surface area contributed by atoms with Gasteiger partial charge in [-0.05, 0) is 29.1 Å². The molecule has 0 bridgehead atoms. The average molecular weight is 332 g/mol. The third kappa shape index (κ3) is 3.78. The molecule has 0 saturated heterocycles. The molecule has 6 heteroatoms. The lowest BCUT2D eigenvalue weighted by molar-refractivity contribution is -0.120. The van der Waals surface area contributed by atoms with Crippen molar-refractivity contribution in [1.29, 1.82) is 0 Å². The lowest BCUT2D eigenvalue weighted by Crippen LogP contribution is -2.24. The molecule has 3 aromatic rings. The van der Waals surface area contributed by atoms with Gasteiger partial charge in [0.05, 0.1) is 17.0 Å². The summed E-state index contributed by atoms with van der Waals surface area (Å²) in [6, 6.07) is 10.2. The maximum atomic E-state index is 13.1. The summed E-state index contributed by atoms with van der Waals surface area (Å²) in [4.78, 5) is 17.5. The number of nitrogens with zero attached hydrogens (tertiary/aromatic N) is 1. The summed E-state index contributed by atoms with van der Waals surface area (Å²) < 4.78 is 13.1. The summed E-state index contributed by atoms with van der Waals surface area (Å²) in [5.74, 6) is -0.417. The Labute approximate surface area is 135 Å². The zero-order chi connectivity index (χ0) is 15.4. The van der Waals surface area contributed by atoms with Gasteiger partial charge in [-0.25, -0.2) is 9.37 Å². The van der Waals surface area contributed by atoms with Crippen LogP contribution in [-0.4, -0.2) is 10.9 Å². The highest BCUT2D eigenvalue weighted by Crippen LogP contribution is 2.27. The standard InChI is InChI=1S/C16H13FN2OS2/c17-12-4-1-3-11(7-12)9-18-15(20)8-13-10-22-16(19-13)14-5-2-6-21-14/h1-7,10H,8-9H2,(H,18,20). The Morgan fingerprint density at radius 1 is 1.23 bits per heavy atom. The molecule has 2 aromatic heterocycles. The number of aromatic nitrogens is 1. The average Bonchev–Trinajstić information content (AvgIpc) is 3.16. The van der Waals surface area contributed by atoms with Crippen LogP contribution in [0.3, 0.4) is 0 Å². The van der Waals surface area contributed by atoms with Crippen molar-refractivity contribution in [3.05, 3.63) is 64.2 Å². The summed E-state index contributed by atoms with van der Waals surface area (Å²) in [7, 11) is 0. The number of amides is 1. The predicted octanol–water partition coefficient (Wildman–Crippen LogP) is 3.87. The number of nitrogens with one attached hydrogen (secondary N) is 1. The van der Waals surface area contributed by atoms with E-state index in [4.69, 9.17) is 0 Å². The van der Waals surface area contributed by atoms with Gasteiger partial charge in [-0.2, -0.15) is 0 Å². The summed E-state index contributed by atoms with van der Waals surface area (Å²) >= 11 is 3.16. The molecule has 0 fully saturated rings. The van der Waals surface area contributed by atoms with E-state index < -0.39 is 0 Å². The van der Waals surface area contributed by atoms with Gasteiger partial charge in [0.2, 0.25) is 5.91 Å². The van der Waals surface area contributed by atoms with E-state index in [0.29, 0.717) is 6.54 Å². The van der Waals surface area contributed by atoms with Gasteiger partial charge in [0, 0.05) is 11.9 Å². The fourth-order valence-corrected chi connectivity index (χ4v) is 3.61. The topological polar surface area (TPSA) is 42.0 Å². The van der Waals surface area contributed by atoms with Crippen LogP contribution in [0.15, 0.2) is 47.2 Å². The summed E-state index contributed by atoms with van der Waals surface area (Å²) in [5, 5.41) is 7.62. The van der Waals surface area contributed by atoms with Crippen molar-refractivity contribution in [2.75, 3.05) is 0 Å². The molecule has 0 atom stereocenters. The van der Waals surface area contributed by atoms with Crippen LogP contribution in [0, 0.1) is 5.82 Å². The van der Waals surface area contributed by atoms with Crippen LogP contribution in [0.4, 0.5) is 4.39 Å². The van der Waals surface area contributed by atoms with Gasteiger partial charge < -0.3 is 5.32 Å². The van der Waals surface area contributed by atoms with E-state index in [1.165, 1.54) is 23.5 Å². The Morgan fingerprint density at radius 2 is 2.14 bits per heavy atom. The van der Waals surface area contributed by atoms with E-state index in [1.807, 2.05) is 22.9 Å². The minimum Gasteiger partial charge on any atom is -0.352 e. The normalized spacial score (nSPS) is 10.6. The number of thiophene rings is 1. The highest BCUT2D eigenvalue weighted by atomic mass is 32.1. The molecule has 112 valence electrons. The van der Waals surface area contributed by atoms with Gasteiger partial charge in [0.25, 0.3) is 0 Å². The molecule has 2 heterocycles. The van der Waals surface area contributed by atoms with Crippen LogP contribution >= 0.6 is 22.7 Å². The van der Waals surface area contributed by atoms with E-state index in [1.54, 1.807) is 23.5 Å². The molecule has 0 aliphatic rings. The Hall–Kier alpha value is -2.05. The van der Waals surface area contributed by atoms with Crippen molar-refractivity contribution >= 4 is 28.6 Å². The minimum atomic E-state index is -0.299. The second kappa shape index (κ2) is 6.81. The Morgan fingerprint density at radius 3 is 2.91 bits per heavy atom. The zero-order valence-corrected chi connectivity index (χ0v) is 13.2. The molecule has 0 spiro atoms. The number of rotatable bonds is 5. The second-order valence-electron chi connectivity index (χ2n) is 4.70. The van der Waals surface area contributed by atoms with Crippen molar-refractivity contribution in [2.24, 2.45) is 0 Å². The van der Waals surface area contributed by atoms with E-state index in [-0.39, 0.29) is 18.1 Å². The molecule has 3 nitrogen and oxygen atoms in total. The molecule has 3 rings (SSSR count). The summed E-state index contributed by atoms with van der Waals surface area (Å²) in [5.41, 5.74) is 1.50. The van der Waals surface area contributed by atoms with Crippen LogP contribution in [0.5, 0.6) is 0 Å². The smallest absolute Gasteiger partial charge is 0.226 e. The number of thiazole rings is 1. The number of hydrogen-bond acceptors (Lipinski definition) is 4. The molecule has 0 aliphatic carbocycles. The number of carbonyl (C=O) groups excluding carboxylic acids is 1. The Kier molecular flexibility index (Phi) is 4.60. The zero-order valence-electron chi connectivity index (χ0n) is 11.6. The van der Waals surface area contributed by atoms with Crippen molar-refractivity contribution in [1.82, 2.24) is 10.3 Å². The van der Waals surface area contributed by atoms with Crippen LogP contribution < -0.4 is 5.32 Å². The largest absolute Gasteiger partial charge is 0.352 e. The summed E-state index contributed by atoms with van der Waals surface area (Å²) in [6.45, 7) is 0.318. The lowest BCUT2D eigenvalue weighted by atomic mass is 10.2. The van der Waals surface area contributed by atoms with E-state index >= 15 is 0 Å². The van der Waals surface area contributed by atoms with Gasteiger partial charge in [-0.3, -0.25) is 4.79 Å². The van der Waals surface area contributed by atoms with Crippen molar-refractivity contribution in [2.45, 2.75) is 13.0 Å². The van der Waals surface area contributed by atoms with Gasteiger partial charge in [0.15, 0.2) is 0 Å². The summed E-state index contributed by atoms with van der Waals surface area (Å²) in [6.07, 6.45) is 0.233. The fraction of sp³-hybridized carbons (Fsp3) is 0.125. The SMILES string of the molecule is O=C(Cc1csc(-c2cccs2)n1)NCc1cccc(F)c1. The lowest BCUT2D eigenvalue weighted by Gasteiger charge is -2.04. The quantitative estimate of drug-likeness (QED) is 0.771. The van der Waals surface area contributed by atoms with Crippen LogP contribution in [0.1, 0.15) is 11.3 Å². The number of halogens is 1. The first-order valence-corrected chi connectivity index (χ1v) is 8.46. The third-order valence-electron chi connectivity index (χ3n) is 3.00. The first-order chi connectivity index (χ1) is 10.7. The number of benzene rings is 1. The molecule has 0 aliphatic heterocycles. The Bertz CT molecular complexity index is 768. The maximum Gasteiger partial charge on any atom is 0.226 e. The van der Waals surface area contributed by atoms with Gasteiger partial charge >= 0.3 is 0 Å². The van der Waals surface area contributed by atoms with Crippen molar-refractivity contribution < 1.29 is 9.18 Å². The Balaban J connectivity index is 1.56. The first kappa shape index (κ1) is 14.9. The molecule has 22 heavy (non-hydrogen) atoms. The van der Waals surface area contributed by atoms with Crippen LogP contribution in [0.25, 0.3) is 9.88 Å². The number of hydrogen-bond donors (Lipinski definition) is 1. The molecule has 0 unspecified atom stereocenters. The first-order valence-electron chi connectivity index (χ1n) is 6.70. The maximum absolute atomic E-state index is 13.1. The van der Waals surface area contributed by atoms with Crippen molar-refractivity contribution in [3.63, 3.8) is 0 Å². The molecule has 1 aromatic carbocycles. The highest BCUT2D eigenvalue weighted by molar-refractivity contribution is 7.20. The van der Waals surface area contributed by atoms with E-state index in [2.05, 4.69) is 10.3 Å². The van der Waals surface area contributed by atoms with Crippen LogP contribution in [-0.2, 0) is 17.8 Å². The molecule has 0 radical (unpaired) electrons. The molecular formula is C16H13FN2OS2. The second-order valence-corrected chi connectivity index (χ2v) is 6.51. The van der Waals surface area contributed by atoms with E-state index in [9.17, 15) is 9.18 Å². The molecule has 0 saturated carbocycles. The van der Waals surface area contributed by atoms with Crippen molar-refractivity contribution in [3.8, 4) is 9.88 Å². The minimum absolute atomic E-state index is 0.118. The monoisotopic (exact) mass is 332 g/mol. The van der Waals surface area contributed by atoms with Crippen LogP contribution in [0.2, 0.25) is 0 Å². The molecule has 1 N–H and O–H groups in total. The molecular weight excluding hydrogens is 319 g/mol. The third-order valence-corrected chi connectivity index (χ3v) is 4.93. The molecule has 1 amide bonds. The highest BCUT2D eigenvalue weighted by Gasteiger charge is 2.09. The predicted molar refractivity (Wildman–Crippen MR) is 87.4 cm³/mol. The fourth-order valence-electron chi connectivity index (χ4n) is 1.98. The van der Waals surface area contributed by atoms with E-state index in [0.717, 1.165) is 21.1 Å².